The molecular weight excluding hydrogens is 787 g/mol. The van der Waals surface area contributed by atoms with Crippen molar-refractivity contribution in [2.24, 2.45) is 18.4 Å². The maximum absolute atomic E-state index is 13.3. The van der Waals surface area contributed by atoms with Gasteiger partial charge in [0.05, 0.1) is 37.0 Å². The average Bonchev–Trinajstić information content (AvgIpc) is 3.57. The smallest absolute Gasteiger partial charge is 0.274 e. The molecule has 1 aliphatic carbocycles. The highest BCUT2D eigenvalue weighted by Crippen LogP contribution is 2.51. The highest BCUT2D eigenvalue weighted by atomic mass is 16.5. The van der Waals surface area contributed by atoms with Crippen molar-refractivity contribution in [2.45, 2.75) is 83.0 Å². The van der Waals surface area contributed by atoms with Gasteiger partial charge in [-0.15, -0.1) is 0 Å². The summed E-state index contributed by atoms with van der Waals surface area (Å²) in [4.78, 5) is 59.6. The Morgan fingerprint density at radius 1 is 0.823 bits per heavy atom. The molecule has 5 fully saturated rings. The molecule has 3 aromatic carbocycles. The molecule has 1 atom stereocenters. The van der Waals surface area contributed by atoms with Gasteiger partial charge < -0.3 is 28.9 Å². The first-order valence-electron chi connectivity index (χ1n) is 22.5. The molecule has 14 heteroatoms. The number of piperidine rings is 3. The van der Waals surface area contributed by atoms with Gasteiger partial charge in [0, 0.05) is 68.4 Å². The lowest BCUT2D eigenvalue weighted by atomic mass is 9.61. The summed E-state index contributed by atoms with van der Waals surface area (Å²) in [7, 11) is 5.12. The van der Waals surface area contributed by atoms with E-state index in [2.05, 4.69) is 26.1 Å². The minimum absolute atomic E-state index is 0.113. The Kier molecular flexibility index (Phi) is 10.7. The SMILES string of the molecule is COc1cc(-c2nn(C)c(=O)c3ccc(N4CCC4)cc23)cc(OC)c1CN1CCC(CN2CCC3(CC2)CC(Oc2ccc4c(c2)C(=O)N(C2CCC(=O)NC2=O)C4)C3)CC1. The van der Waals surface area contributed by atoms with Crippen LogP contribution in [-0.4, -0.2) is 114 Å². The lowest BCUT2D eigenvalue weighted by Gasteiger charge is -2.52. The second-order valence-corrected chi connectivity index (χ2v) is 18.6. The van der Waals surface area contributed by atoms with Crippen LogP contribution < -0.4 is 30.0 Å². The number of benzene rings is 3. The number of hydrogen-bond donors (Lipinski definition) is 1. The largest absolute Gasteiger partial charge is 0.496 e. The zero-order valence-electron chi connectivity index (χ0n) is 36.1. The standard InChI is InChI=1S/C48H57N7O7/c1-51-46(58)36-8-6-33(54-15-4-16-54)23-38(36)44(50-51)32-21-41(60-2)39(42(22-32)61-3)29-52-17-11-30(12-18-52)27-53-19-13-48(14-20-53)25-35(26-48)62-34-7-5-31-28-55(47(59)37(31)24-34)40-9-10-43(56)49-45(40)57/h5-8,21-24,30,35,40H,4,9-20,25-29H2,1-3H3,(H,49,56,57). The molecule has 6 heterocycles. The number of ether oxygens (including phenoxy) is 3. The van der Waals surface area contributed by atoms with E-state index in [0.717, 1.165) is 123 Å². The van der Waals surface area contributed by atoms with Crippen molar-refractivity contribution in [3.8, 4) is 28.5 Å². The summed E-state index contributed by atoms with van der Waals surface area (Å²) in [6.07, 6.45) is 8.69. The van der Waals surface area contributed by atoms with Crippen molar-refractivity contribution in [1.29, 1.82) is 0 Å². The van der Waals surface area contributed by atoms with Crippen molar-refractivity contribution >= 4 is 34.2 Å². The Labute approximate surface area is 362 Å². The summed E-state index contributed by atoms with van der Waals surface area (Å²) < 4.78 is 19.9. The molecule has 5 aliphatic heterocycles. The van der Waals surface area contributed by atoms with Gasteiger partial charge in [-0.05, 0) is 137 Å². The van der Waals surface area contributed by atoms with E-state index in [1.165, 1.54) is 23.9 Å². The molecule has 326 valence electrons. The summed E-state index contributed by atoms with van der Waals surface area (Å²) in [6, 6.07) is 15.3. The van der Waals surface area contributed by atoms with E-state index >= 15 is 0 Å². The van der Waals surface area contributed by atoms with E-state index in [9.17, 15) is 19.2 Å². The molecule has 10 rings (SSSR count). The maximum atomic E-state index is 13.3. The Balaban J connectivity index is 0.709. The van der Waals surface area contributed by atoms with Crippen LogP contribution >= 0.6 is 0 Å². The van der Waals surface area contributed by atoms with E-state index in [4.69, 9.17) is 19.3 Å². The third-order valence-corrected chi connectivity index (χ3v) is 14.8. The number of fused-ring (bicyclic) bond motifs is 2. The van der Waals surface area contributed by atoms with Crippen LogP contribution in [0, 0.1) is 11.3 Å². The second kappa shape index (κ2) is 16.3. The normalized spacial score (nSPS) is 22.1. The van der Waals surface area contributed by atoms with Crippen molar-refractivity contribution in [2.75, 3.05) is 64.9 Å². The van der Waals surface area contributed by atoms with E-state index in [1.807, 2.05) is 42.5 Å². The van der Waals surface area contributed by atoms with Crippen LogP contribution in [0.25, 0.3) is 22.0 Å². The highest BCUT2D eigenvalue weighted by Gasteiger charge is 2.47. The van der Waals surface area contributed by atoms with Gasteiger partial charge in [-0.1, -0.05) is 6.07 Å². The van der Waals surface area contributed by atoms with Gasteiger partial charge in [0.15, 0.2) is 0 Å². The van der Waals surface area contributed by atoms with Gasteiger partial charge >= 0.3 is 0 Å². The number of aromatic nitrogens is 2. The molecule has 1 unspecified atom stereocenters. The fourth-order valence-electron chi connectivity index (χ4n) is 10.9. The minimum Gasteiger partial charge on any atom is -0.496 e. The van der Waals surface area contributed by atoms with Crippen LogP contribution in [-0.2, 0) is 29.7 Å². The molecule has 4 saturated heterocycles. The predicted octanol–water partition coefficient (Wildman–Crippen LogP) is 5.12. The van der Waals surface area contributed by atoms with E-state index in [0.29, 0.717) is 41.0 Å². The number of nitrogens with one attached hydrogen (secondary N) is 1. The van der Waals surface area contributed by atoms with E-state index < -0.39 is 11.9 Å². The number of nitrogens with zero attached hydrogens (tertiary/aromatic N) is 6. The fourth-order valence-corrected chi connectivity index (χ4v) is 10.9. The summed E-state index contributed by atoms with van der Waals surface area (Å²) in [5.41, 5.74) is 5.44. The number of carbonyl (C=O) groups is 3. The number of methoxy groups -OCH3 is 2. The third kappa shape index (κ3) is 7.58. The van der Waals surface area contributed by atoms with Crippen LogP contribution in [0.1, 0.15) is 79.3 Å². The number of hydrogen-bond acceptors (Lipinski definition) is 11. The van der Waals surface area contributed by atoms with Gasteiger partial charge in [-0.2, -0.15) is 5.10 Å². The Morgan fingerprint density at radius 2 is 1.56 bits per heavy atom. The first kappa shape index (κ1) is 40.6. The minimum atomic E-state index is -0.614. The quantitative estimate of drug-likeness (QED) is 0.201. The molecule has 1 spiro atoms. The Hall–Kier alpha value is -5.47. The number of likely N-dealkylation sites (tertiary alicyclic amines) is 2. The van der Waals surface area contributed by atoms with Crippen molar-refractivity contribution < 1.29 is 28.6 Å². The van der Waals surface area contributed by atoms with Crippen LogP contribution in [0.2, 0.25) is 0 Å². The fraction of sp³-hybridized carbons (Fsp3) is 0.521. The zero-order chi connectivity index (χ0) is 42.7. The van der Waals surface area contributed by atoms with Gasteiger partial charge in [-0.25, -0.2) is 4.68 Å². The highest BCUT2D eigenvalue weighted by molar-refractivity contribution is 6.05. The number of imide groups is 1. The number of rotatable bonds is 11. The second-order valence-electron chi connectivity index (χ2n) is 18.6. The van der Waals surface area contributed by atoms with Crippen LogP contribution in [0.4, 0.5) is 5.69 Å². The first-order valence-corrected chi connectivity index (χ1v) is 22.5. The maximum Gasteiger partial charge on any atom is 0.274 e. The third-order valence-electron chi connectivity index (χ3n) is 14.8. The summed E-state index contributed by atoms with van der Waals surface area (Å²) in [5, 5.41) is 8.61. The molecule has 6 aliphatic rings. The zero-order valence-corrected chi connectivity index (χ0v) is 36.1. The van der Waals surface area contributed by atoms with Crippen molar-refractivity contribution in [1.82, 2.24) is 29.8 Å². The van der Waals surface area contributed by atoms with Crippen LogP contribution in [0.15, 0.2) is 53.3 Å². The molecule has 0 radical (unpaired) electrons. The number of anilines is 1. The molecule has 1 saturated carbocycles. The van der Waals surface area contributed by atoms with Crippen molar-refractivity contribution in [3.63, 3.8) is 0 Å². The summed E-state index contributed by atoms with van der Waals surface area (Å²) in [5.74, 6) is 2.06. The molecular formula is C48H57N7O7. The average molecular weight is 844 g/mol. The monoisotopic (exact) mass is 843 g/mol. The predicted molar refractivity (Wildman–Crippen MR) is 235 cm³/mol. The lowest BCUT2D eigenvalue weighted by molar-refractivity contribution is -0.136. The Bertz CT molecular complexity index is 2450. The van der Waals surface area contributed by atoms with Crippen molar-refractivity contribution in [3.05, 3.63) is 75.6 Å². The Morgan fingerprint density at radius 3 is 2.24 bits per heavy atom. The summed E-state index contributed by atoms with van der Waals surface area (Å²) >= 11 is 0. The molecule has 14 nitrogen and oxygen atoms in total. The molecule has 4 aromatic rings. The van der Waals surface area contributed by atoms with Crippen LogP contribution in [0.5, 0.6) is 17.2 Å². The summed E-state index contributed by atoms with van der Waals surface area (Å²) in [6.45, 7) is 8.57. The van der Waals surface area contributed by atoms with Gasteiger partial charge in [0.2, 0.25) is 11.8 Å². The van der Waals surface area contributed by atoms with E-state index in [1.54, 1.807) is 26.2 Å². The van der Waals surface area contributed by atoms with Crippen LogP contribution in [0.3, 0.4) is 0 Å². The van der Waals surface area contributed by atoms with Gasteiger partial charge in [-0.3, -0.25) is 29.4 Å². The molecule has 3 amide bonds. The van der Waals surface area contributed by atoms with Gasteiger partial charge in [0.1, 0.15) is 23.3 Å². The van der Waals surface area contributed by atoms with Gasteiger partial charge in [0.25, 0.3) is 11.5 Å². The number of aryl methyl sites for hydroxylation is 1. The molecule has 1 N–H and O–H groups in total. The number of amides is 3. The molecule has 62 heavy (non-hydrogen) atoms. The molecule has 1 aromatic heterocycles. The topological polar surface area (TPSA) is 139 Å². The number of carbonyl (C=O) groups excluding carboxylic acids is 3. The lowest BCUT2D eigenvalue weighted by Crippen LogP contribution is -2.52. The first-order chi connectivity index (χ1) is 30.1. The van der Waals surface area contributed by atoms with E-state index in [-0.39, 0.29) is 29.9 Å². The molecule has 0 bridgehead atoms.